The predicted octanol–water partition coefficient (Wildman–Crippen LogP) is 2.74. The highest BCUT2D eigenvalue weighted by Gasteiger charge is 2.13. The molecular weight excluding hydrogens is 212 g/mol. The van der Waals surface area contributed by atoms with Gasteiger partial charge in [-0.1, -0.05) is 25.5 Å². The minimum atomic E-state index is -0.0839. The number of benzene rings is 1. The number of carbonyl (C=O) groups is 1. The smallest absolute Gasteiger partial charge is 0.253 e. The van der Waals surface area contributed by atoms with Crippen LogP contribution in [-0.2, 0) is 0 Å². The zero-order chi connectivity index (χ0) is 13.0. The Morgan fingerprint density at radius 3 is 2.59 bits per heavy atom. The molecule has 0 aliphatic rings. The number of rotatable bonds is 4. The number of nitrogens with one attached hydrogen (secondary N) is 1. The lowest BCUT2D eigenvalue weighted by Crippen LogP contribution is -2.33. The first kappa shape index (κ1) is 13.6. The summed E-state index contributed by atoms with van der Waals surface area (Å²) in [5.74, 6) is 0.486. The van der Waals surface area contributed by atoms with Crippen LogP contribution in [0.2, 0.25) is 0 Å². The lowest BCUT2D eigenvalue weighted by Gasteiger charge is -2.16. The van der Waals surface area contributed by atoms with Crippen molar-refractivity contribution in [1.29, 1.82) is 0 Å². The Balaban J connectivity index is 2.73. The maximum absolute atomic E-state index is 12.0. The van der Waals surface area contributed by atoms with Gasteiger partial charge in [0.2, 0.25) is 0 Å². The summed E-state index contributed by atoms with van der Waals surface area (Å²) >= 11 is 0. The van der Waals surface area contributed by atoms with Gasteiger partial charge in [0, 0.05) is 11.7 Å². The Labute approximate surface area is 103 Å². The molecule has 17 heavy (non-hydrogen) atoms. The zero-order valence-corrected chi connectivity index (χ0v) is 11.1. The van der Waals surface area contributed by atoms with Crippen molar-refractivity contribution in [2.24, 2.45) is 5.92 Å². The molecule has 1 aromatic carbocycles. The molecule has 0 saturated heterocycles. The molecule has 0 saturated carbocycles. The molecule has 0 spiro atoms. The number of carbonyl (C=O) groups excluding carboxylic acids is 1. The normalized spacial score (nSPS) is 12.5. The van der Waals surface area contributed by atoms with Gasteiger partial charge in [-0.15, -0.1) is 0 Å². The second-order valence-electron chi connectivity index (χ2n) is 5.09. The molecular formula is C14H22N2O. The molecule has 3 nitrogen and oxygen atoms in total. The molecule has 0 fully saturated rings. The summed E-state index contributed by atoms with van der Waals surface area (Å²) < 4.78 is 0. The monoisotopic (exact) mass is 234 g/mol. The fourth-order valence-corrected chi connectivity index (χ4v) is 1.93. The van der Waals surface area contributed by atoms with Gasteiger partial charge in [-0.25, -0.2) is 0 Å². The van der Waals surface area contributed by atoms with E-state index < -0.39 is 0 Å². The van der Waals surface area contributed by atoms with Crippen molar-refractivity contribution in [3.8, 4) is 0 Å². The predicted molar refractivity (Wildman–Crippen MR) is 72.0 cm³/mol. The zero-order valence-electron chi connectivity index (χ0n) is 11.1. The summed E-state index contributed by atoms with van der Waals surface area (Å²) in [7, 11) is 0. The Morgan fingerprint density at radius 2 is 2.00 bits per heavy atom. The summed E-state index contributed by atoms with van der Waals surface area (Å²) in [5.41, 5.74) is 7.95. The van der Waals surface area contributed by atoms with Crippen LogP contribution in [-0.4, -0.2) is 11.9 Å². The second-order valence-corrected chi connectivity index (χ2v) is 5.09. The molecule has 1 atom stereocenters. The maximum atomic E-state index is 12.0. The molecule has 0 bridgehead atoms. The molecule has 0 radical (unpaired) electrons. The van der Waals surface area contributed by atoms with Crippen LogP contribution in [0.3, 0.4) is 0 Å². The number of nitrogens with two attached hydrogens (primary N) is 1. The minimum absolute atomic E-state index is 0.0839. The highest BCUT2D eigenvalue weighted by atomic mass is 16.1. The Bertz CT molecular complexity index is 399. The standard InChI is InChI=1S/C14H22N2O/c1-9(2)7-11(4)16-14(17)12-8-10(3)5-6-13(12)15/h5-6,8-9,11H,7,15H2,1-4H3,(H,16,17). The third-order valence-corrected chi connectivity index (χ3v) is 2.66. The van der Waals surface area contributed by atoms with E-state index in [1.165, 1.54) is 0 Å². The van der Waals surface area contributed by atoms with E-state index in [0.717, 1.165) is 12.0 Å². The SMILES string of the molecule is Cc1ccc(N)c(C(=O)NC(C)CC(C)C)c1. The van der Waals surface area contributed by atoms with Crippen LogP contribution in [0.1, 0.15) is 43.1 Å². The number of hydrogen-bond donors (Lipinski definition) is 2. The molecule has 0 heterocycles. The van der Waals surface area contributed by atoms with E-state index in [9.17, 15) is 4.79 Å². The third-order valence-electron chi connectivity index (χ3n) is 2.66. The van der Waals surface area contributed by atoms with Crippen LogP contribution in [0.15, 0.2) is 18.2 Å². The molecule has 3 heteroatoms. The summed E-state index contributed by atoms with van der Waals surface area (Å²) in [6, 6.07) is 5.68. The van der Waals surface area contributed by atoms with E-state index in [2.05, 4.69) is 19.2 Å². The van der Waals surface area contributed by atoms with Crippen LogP contribution in [0.5, 0.6) is 0 Å². The highest BCUT2D eigenvalue weighted by molar-refractivity contribution is 5.99. The van der Waals surface area contributed by atoms with Gasteiger partial charge in [0.25, 0.3) is 5.91 Å². The van der Waals surface area contributed by atoms with Gasteiger partial charge in [-0.3, -0.25) is 4.79 Å². The highest BCUT2D eigenvalue weighted by Crippen LogP contribution is 2.14. The molecule has 1 amide bonds. The van der Waals surface area contributed by atoms with E-state index in [-0.39, 0.29) is 11.9 Å². The topological polar surface area (TPSA) is 55.1 Å². The molecule has 0 aliphatic carbocycles. The molecule has 0 aromatic heterocycles. The summed E-state index contributed by atoms with van der Waals surface area (Å²) in [6.07, 6.45) is 0.970. The van der Waals surface area contributed by atoms with Crippen molar-refractivity contribution in [3.05, 3.63) is 29.3 Å². The van der Waals surface area contributed by atoms with E-state index in [4.69, 9.17) is 5.73 Å². The average Bonchev–Trinajstić information content (AvgIpc) is 2.20. The fraction of sp³-hybridized carbons (Fsp3) is 0.500. The van der Waals surface area contributed by atoms with E-state index in [1.807, 2.05) is 26.0 Å². The van der Waals surface area contributed by atoms with Gasteiger partial charge < -0.3 is 11.1 Å². The van der Waals surface area contributed by atoms with Crippen molar-refractivity contribution in [3.63, 3.8) is 0 Å². The van der Waals surface area contributed by atoms with Crippen LogP contribution in [0.25, 0.3) is 0 Å². The average molecular weight is 234 g/mol. The van der Waals surface area contributed by atoms with Gasteiger partial charge in [-0.05, 0) is 38.3 Å². The Kier molecular flexibility index (Phi) is 4.55. The van der Waals surface area contributed by atoms with Crippen LogP contribution >= 0.6 is 0 Å². The van der Waals surface area contributed by atoms with Crippen molar-refractivity contribution in [2.75, 3.05) is 5.73 Å². The van der Waals surface area contributed by atoms with Gasteiger partial charge in [0.15, 0.2) is 0 Å². The number of hydrogen-bond acceptors (Lipinski definition) is 2. The molecule has 3 N–H and O–H groups in total. The summed E-state index contributed by atoms with van der Waals surface area (Å²) in [6.45, 7) is 8.25. The number of aryl methyl sites for hydroxylation is 1. The fourth-order valence-electron chi connectivity index (χ4n) is 1.93. The number of anilines is 1. The van der Waals surface area contributed by atoms with Gasteiger partial charge in [-0.2, -0.15) is 0 Å². The van der Waals surface area contributed by atoms with Crippen molar-refractivity contribution < 1.29 is 4.79 Å². The molecule has 1 unspecified atom stereocenters. The summed E-state index contributed by atoms with van der Waals surface area (Å²) in [5, 5.41) is 2.98. The molecule has 1 rings (SSSR count). The second kappa shape index (κ2) is 5.71. The quantitative estimate of drug-likeness (QED) is 0.787. The van der Waals surface area contributed by atoms with Gasteiger partial charge in [0.05, 0.1) is 5.56 Å². The number of amides is 1. The first-order valence-electron chi connectivity index (χ1n) is 6.07. The largest absolute Gasteiger partial charge is 0.398 e. The van der Waals surface area contributed by atoms with E-state index >= 15 is 0 Å². The van der Waals surface area contributed by atoms with Crippen molar-refractivity contribution in [1.82, 2.24) is 5.32 Å². The maximum Gasteiger partial charge on any atom is 0.253 e. The molecule has 0 aliphatic heterocycles. The van der Waals surface area contributed by atoms with Crippen molar-refractivity contribution >= 4 is 11.6 Å². The summed E-state index contributed by atoms with van der Waals surface area (Å²) in [4.78, 5) is 12.0. The van der Waals surface area contributed by atoms with Crippen LogP contribution in [0, 0.1) is 12.8 Å². The van der Waals surface area contributed by atoms with E-state index in [0.29, 0.717) is 17.2 Å². The van der Waals surface area contributed by atoms with Crippen LogP contribution in [0.4, 0.5) is 5.69 Å². The lowest BCUT2D eigenvalue weighted by molar-refractivity contribution is 0.0937. The molecule has 94 valence electrons. The van der Waals surface area contributed by atoms with Gasteiger partial charge >= 0.3 is 0 Å². The third kappa shape index (κ3) is 4.10. The minimum Gasteiger partial charge on any atom is -0.398 e. The lowest BCUT2D eigenvalue weighted by atomic mass is 10.0. The first-order chi connectivity index (χ1) is 7.90. The number of nitrogen functional groups attached to an aromatic ring is 1. The van der Waals surface area contributed by atoms with E-state index in [1.54, 1.807) is 6.07 Å². The Morgan fingerprint density at radius 1 is 1.35 bits per heavy atom. The van der Waals surface area contributed by atoms with Gasteiger partial charge in [0.1, 0.15) is 0 Å². The first-order valence-corrected chi connectivity index (χ1v) is 6.07. The molecule has 1 aromatic rings. The van der Waals surface area contributed by atoms with Crippen LogP contribution < -0.4 is 11.1 Å². The van der Waals surface area contributed by atoms with Crippen molar-refractivity contribution in [2.45, 2.75) is 40.2 Å². The Hall–Kier alpha value is -1.51.